The van der Waals surface area contributed by atoms with E-state index in [2.05, 4.69) is 4.98 Å². The third-order valence-corrected chi connectivity index (χ3v) is 5.48. The average molecular weight is 385 g/mol. The fourth-order valence-electron chi connectivity index (χ4n) is 2.99. The summed E-state index contributed by atoms with van der Waals surface area (Å²) in [6, 6.07) is 11.4. The normalized spacial score (nSPS) is 11.5. The zero-order valence-electron chi connectivity index (χ0n) is 15.0. The molecule has 0 unspecified atom stereocenters. The van der Waals surface area contributed by atoms with Crippen molar-refractivity contribution in [3.63, 3.8) is 0 Å². The number of esters is 1. The Kier molecular flexibility index (Phi) is 5.14. The summed E-state index contributed by atoms with van der Waals surface area (Å²) in [6.45, 7) is 1.55. The molecule has 0 atom stereocenters. The molecule has 0 aliphatic carbocycles. The topological polar surface area (TPSA) is 93.3 Å². The van der Waals surface area contributed by atoms with Crippen molar-refractivity contribution in [1.29, 1.82) is 0 Å². The van der Waals surface area contributed by atoms with Crippen molar-refractivity contribution >= 4 is 32.5 Å². The van der Waals surface area contributed by atoms with Crippen molar-refractivity contribution in [2.75, 3.05) is 12.9 Å². The molecule has 6 nitrogen and oxygen atoms in total. The molecule has 1 aromatic heterocycles. The van der Waals surface area contributed by atoms with Crippen LogP contribution in [0, 0.1) is 0 Å². The van der Waals surface area contributed by atoms with Crippen LogP contribution >= 0.6 is 0 Å². The number of benzene rings is 2. The number of carbonyl (C=O) groups is 2. The second-order valence-electron chi connectivity index (χ2n) is 6.16. The number of aromatic nitrogens is 1. The number of rotatable bonds is 6. The zero-order valence-corrected chi connectivity index (χ0v) is 15.8. The number of fused-ring (bicyclic) bond motifs is 1. The van der Waals surface area contributed by atoms with Gasteiger partial charge in [-0.15, -0.1) is 0 Å². The summed E-state index contributed by atoms with van der Waals surface area (Å²) in [5, 5.41) is 0.770. The molecule has 0 aliphatic rings. The second-order valence-corrected chi connectivity index (χ2v) is 8.15. The fraction of sp³-hybridized carbons (Fsp3) is 0.200. The van der Waals surface area contributed by atoms with E-state index in [9.17, 15) is 18.0 Å². The maximum absolute atomic E-state index is 12.5. The predicted octanol–water partition coefficient (Wildman–Crippen LogP) is 3.17. The number of para-hydroxylation sites is 1. The van der Waals surface area contributed by atoms with E-state index in [0.717, 1.165) is 29.1 Å². The average Bonchev–Trinajstić information content (AvgIpc) is 3.09. The highest BCUT2D eigenvalue weighted by atomic mass is 32.2. The second kappa shape index (κ2) is 7.36. The van der Waals surface area contributed by atoms with E-state index in [1.54, 1.807) is 12.3 Å². The number of aromatic amines is 1. The molecule has 0 bridgehead atoms. The minimum atomic E-state index is -3.59. The minimum absolute atomic E-state index is 0.0833. The lowest BCUT2D eigenvalue weighted by Gasteiger charge is -2.08. The standard InChI is InChI=1S/C20H19NO5S/c1-3-13-7-6-9-14-16(11-21-19(13)14)17(22)12-26-20(23)15-8-4-5-10-18(15)27(2,24)25/h4-11,21H,3,12H2,1-2H3. The van der Waals surface area contributed by atoms with Gasteiger partial charge in [0.25, 0.3) is 0 Å². The van der Waals surface area contributed by atoms with Crippen LogP contribution in [-0.4, -0.2) is 38.0 Å². The zero-order chi connectivity index (χ0) is 19.6. The van der Waals surface area contributed by atoms with E-state index >= 15 is 0 Å². The monoisotopic (exact) mass is 385 g/mol. The van der Waals surface area contributed by atoms with E-state index in [0.29, 0.717) is 5.56 Å². The number of Topliss-reactive ketones (excluding diaryl/α,β-unsaturated/α-hetero) is 1. The summed E-state index contributed by atoms with van der Waals surface area (Å²) in [4.78, 5) is 27.8. The van der Waals surface area contributed by atoms with Crippen molar-refractivity contribution in [3.05, 3.63) is 65.4 Å². The van der Waals surface area contributed by atoms with Gasteiger partial charge in [-0.1, -0.05) is 37.3 Å². The number of H-pyrrole nitrogens is 1. The van der Waals surface area contributed by atoms with Crippen molar-refractivity contribution in [1.82, 2.24) is 4.98 Å². The maximum atomic E-state index is 12.5. The third kappa shape index (κ3) is 3.78. The van der Waals surface area contributed by atoms with Crippen LogP contribution in [-0.2, 0) is 21.0 Å². The molecule has 7 heteroatoms. The highest BCUT2D eigenvalue weighted by Crippen LogP contribution is 2.23. The summed E-state index contributed by atoms with van der Waals surface area (Å²) in [5.74, 6) is -1.21. The van der Waals surface area contributed by atoms with E-state index in [1.165, 1.54) is 18.2 Å². The van der Waals surface area contributed by atoms with Gasteiger partial charge in [0.05, 0.1) is 10.5 Å². The fourth-order valence-corrected chi connectivity index (χ4v) is 3.86. The quantitative estimate of drug-likeness (QED) is 0.520. The van der Waals surface area contributed by atoms with Gasteiger partial charge in [-0.05, 0) is 24.1 Å². The molecular weight excluding hydrogens is 366 g/mol. The molecule has 140 valence electrons. The van der Waals surface area contributed by atoms with E-state index in [-0.39, 0.29) is 16.2 Å². The number of nitrogens with one attached hydrogen (secondary N) is 1. The summed E-state index contributed by atoms with van der Waals surface area (Å²) in [6.07, 6.45) is 3.44. The number of hydrogen-bond donors (Lipinski definition) is 1. The van der Waals surface area contributed by atoms with Gasteiger partial charge in [0.15, 0.2) is 16.4 Å². The molecule has 0 aliphatic heterocycles. The van der Waals surface area contributed by atoms with Crippen LogP contribution in [0.25, 0.3) is 10.9 Å². The first kappa shape index (κ1) is 18.8. The summed E-state index contributed by atoms with van der Waals surface area (Å²) in [5.41, 5.74) is 2.33. The number of sulfone groups is 1. The SMILES string of the molecule is CCc1cccc2c(C(=O)COC(=O)c3ccccc3S(C)(=O)=O)c[nH]c12. The van der Waals surface area contributed by atoms with Gasteiger partial charge >= 0.3 is 5.97 Å². The molecule has 1 heterocycles. The summed E-state index contributed by atoms with van der Waals surface area (Å²) < 4.78 is 28.7. The van der Waals surface area contributed by atoms with Crippen molar-refractivity contribution in [2.24, 2.45) is 0 Å². The molecular formula is C20H19NO5S. The number of hydrogen-bond acceptors (Lipinski definition) is 5. The Morgan fingerprint density at radius 2 is 1.78 bits per heavy atom. The van der Waals surface area contributed by atoms with Crippen LogP contribution in [0.2, 0.25) is 0 Å². The molecule has 1 N–H and O–H groups in total. The largest absolute Gasteiger partial charge is 0.454 e. The highest BCUT2D eigenvalue weighted by molar-refractivity contribution is 7.90. The molecule has 0 amide bonds. The van der Waals surface area contributed by atoms with Crippen molar-refractivity contribution < 1.29 is 22.7 Å². The van der Waals surface area contributed by atoms with Crippen molar-refractivity contribution in [3.8, 4) is 0 Å². The molecule has 0 fully saturated rings. The van der Waals surface area contributed by atoms with Gasteiger partial charge < -0.3 is 9.72 Å². The Morgan fingerprint density at radius 3 is 2.48 bits per heavy atom. The van der Waals surface area contributed by atoms with Crippen LogP contribution in [0.15, 0.2) is 53.6 Å². The van der Waals surface area contributed by atoms with Crippen molar-refractivity contribution in [2.45, 2.75) is 18.2 Å². The summed E-state index contributed by atoms with van der Waals surface area (Å²) >= 11 is 0. The molecule has 0 spiro atoms. The first-order valence-corrected chi connectivity index (χ1v) is 10.3. The Bertz CT molecular complexity index is 1130. The van der Waals surface area contributed by atoms with Crippen LogP contribution < -0.4 is 0 Å². The smallest absolute Gasteiger partial charge is 0.339 e. The minimum Gasteiger partial charge on any atom is -0.454 e. The van der Waals surface area contributed by atoms with Crippen LogP contribution in [0.4, 0.5) is 0 Å². The van der Waals surface area contributed by atoms with Crippen LogP contribution in [0.5, 0.6) is 0 Å². The molecule has 0 saturated heterocycles. The third-order valence-electron chi connectivity index (χ3n) is 4.32. The molecule has 27 heavy (non-hydrogen) atoms. The molecule has 0 saturated carbocycles. The highest BCUT2D eigenvalue weighted by Gasteiger charge is 2.21. The van der Waals surface area contributed by atoms with Gasteiger partial charge in [0, 0.05) is 28.9 Å². The Morgan fingerprint density at radius 1 is 1.04 bits per heavy atom. The molecule has 0 radical (unpaired) electrons. The molecule has 3 rings (SSSR count). The van der Waals surface area contributed by atoms with Gasteiger partial charge in [-0.3, -0.25) is 4.79 Å². The first-order valence-electron chi connectivity index (χ1n) is 8.41. The Balaban J connectivity index is 1.80. The molecule has 2 aromatic carbocycles. The van der Waals surface area contributed by atoms with E-state index in [1.807, 2.05) is 25.1 Å². The number of aryl methyl sites for hydroxylation is 1. The van der Waals surface area contributed by atoms with Gasteiger partial charge in [-0.2, -0.15) is 0 Å². The lowest BCUT2D eigenvalue weighted by molar-refractivity contribution is 0.0471. The summed E-state index contributed by atoms with van der Waals surface area (Å²) in [7, 11) is -3.59. The lowest BCUT2D eigenvalue weighted by Crippen LogP contribution is -2.16. The van der Waals surface area contributed by atoms with Gasteiger partial charge in [-0.25, -0.2) is 13.2 Å². The molecule has 3 aromatic rings. The number of carbonyl (C=O) groups excluding carboxylic acids is 2. The first-order chi connectivity index (χ1) is 12.8. The lowest BCUT2D eigenvalue weighted by atomic mass is 10.1. The predicted molar refractivity (Wildman–Crippen MR) is 102 cm³/mol. The van der Waals surface area contributed by atoms with Crippen LogP contribution in [0.1, 0.15) is 33.2 Å². The Labute approximate surface area is 157 Å². The van der Waals surface area contributed by atoms with Crippen LogP contribution in [0.3, 0.4) is 0 Å². The number of ketones is 1. The number of ether oxygens (including phenoxy) is 1. The van der Waals surface area contributed by atoms with Gasteiger partial charge in [0.2, 0.25) is 5.78 Å². The van der Waals surface area contributed by atoms with E-state index < -0.39 is 22.4 Å². The Hall–Kier alpha value is -2.93. The maximum Gasteiger partial charge on any atom is 0.339 e. The van der Waals surface area contributed by atoms with Gasteiger partial charge in [0.1, 0.15) is 0 Å². The van der Waals surface area contributed by atoms with E-state index in [4.69, 9.17) is 4.74 Å².